The van der Waals surface area contributed by atoms with Gasteiger partial charge >= 0.3 is 6.09 Å². The van der Waals surface area contributed by atoms with E-state index in [0.29, 0.717) is 35.8 Å². The number of rotatable bonds is 6. The molecule has 2 saturated carbocycles. The Hall–Kier alpha value is -4.10. The third-order valence-corrected chi connectivity index (χ3v) is 10.7. The molecule has 4 aliphatic rings. The van der Waals surface area contributed by atoms with Crippen LogP contribution in [0.25, 0.3) is 0 Å². The molecule has 0 spiro atoms. The summed E-state index contributed by atoms with van der Waals surface area (Å²) in [6, 6.07) is 10.4. The molecule has 50 heavy (non-hydrogen) atoms. The highest BCUT2D eigenvalue weighted by atomic mass is 35.5. The molecule has 2 aliphatic heterocycles. The Morgan fingerprint density at radius 1 is 0.980 bits per heavy atom. The Labute approximate surface area is 297 Å². The lowest BCUT2D eigenvalue weighted by atomic mass is 9.91. The van der Waals surface area contributed by atoms with E-state index in [9.17, 15) is 27.6 Å². The first kappa shape index (κ1) is 35.7. The molecule has 3 N–H and O–H groups in total. The Morgan fingerprint density at radius 2 is 1.74 bits per heavy atom. The molecule has 6 rings (SSSR count). The lowest BCUT2D eigenvalue weighted by Gasteiger charge is -2.39. The van der Waals surface area contributed by atoms with Crippen LogP contribution in [0.1, 0.15) is 75.3 Å². The van der Waals surface area contributed by atoms with Crippen LogP contribution in [0.2, 0.25) is 5.02 Å². The maximum absolute atomic E-state index is 14.4. The molecule has 2 aromatic rings. The topological polar surface area (TPSA) is 160 Å². The smallest absolute Gasteiger partial charge is 0.408 e. The molecule has 2 aromatic carbocycles. The molecule has 14 heteroatoms. The van der Waals surface area contributed by atoms with E-state index in [1.54, 1.807) is 30.3 Å². The number of hydrogen-bond donors (Lipinski definition) is 3. The first-order valence-electron chi connectivity index (χ1n) is 17.2. The highest BCUT2D eigenvalue weighted by Crippen LogP contribution is 2.45. The number of hydrogen-bond acceptors (Lipinski definition) is 8. The van der Waals surface area contributed by atoms with Crippen LogP contribution in [0.15, 0.2) is 54.6 Å². The number of benzene rings is 2. The fourth-order valence-electron chi connectivity index (χ4n) is 7.14. The van der Waals surface area contributed by atoms with Crippen LogP contribution in [0.4, 0.5) is 4.79 Å². The van der Waals surface area contributed by atoms with Crippen molar-refractivity contribution in [1.82, 2.24) is 20.3 Å². The number of carbonyl (C=O) groups is 4. The maximum atomic E-state index is 14.4. The number of ether oxygens (including phenoxy) is 2. The number of alkyl carbamates (subject to hydrolysis) is 1. The van der Waals surface area contributed by atoms with Gasteiger partial charge in [0.25, 0.3) is 5.91 Å². The predicted molar refractivity (Wildman–Crippen MR) is 186 cm³/mol. The summed E-state index contributed by atoms with van der Waals surface area (Å²) >= 11 is 6.14. The molecule has 4 atom stereocenters. The van der Waals surface area contributed by atoms with Crippen molar-refractivity contribution < 1.29 is 37.1 Å². The van der Waals surface area contributed by atoms with Gasteiger partial charge in [0, 0.05) is 23.9 Å². The van der Waals surface area contributed by atoms with Crippen LogP contribution in [0.5, 0.6) is 11.5 Å². The number of nitrogens with one attached hydrogen (secondary N) is 3. The summed E-state index contributed by atoms with van der Waals surface area (Å²) in [7, 11) is -3.91. The molecule has 1 unspecified atom stereocenters. The van der Waals surface area contributed by atoms with Crippen molar-refractivity contribution in [3.63, 3.8) is 0 Å². The molecule has 268 valence electrons. The fraction of sp³-hybridized carbons (Fsp3) is 0.500. The number of allylic oxidation sites excluding steroid dienone is 1. The van der Waals surface area contributed by atoms with Crippen LogP contribution in [-0.2, 0) is 42.1 Å². The van der Waals surface area contributed by atoms with E-state index in [-0.39, 0.29) is 25.5 Å². The average molecular weight is 727 g/mol. The monoisotopic (exact) mass is 726 g/mol. The molecular formula is C36H43ClN4O8S. The highest BCUT2D eigenvalue weighted by molar-refractivity contribution is 7.89. The molecule has 12 nitrogen and oxygen atoms in total. The summed E-state index contributed by atoms with van der Waals surface area (Å²) < 4.78 is 37.9. The Balaban J connectivity index is 1.32. The molecule has 0 aromatic heterocycles. The van der Waals surface area contributed by atoms with Gasteiger partial charge in [0.1, 0.15) is 35.2 Å². The van der Waals surface area contributed by atoms with Crippen LogP contribution >= 0.6 is 11.6 Å². The van der Waals surface area contributed by atoms with Crippen LogP contribution < -0.4 is 20.1 Å². The zero-order valence-electron chi connectivity index (χ0n) is 28.0. The van der Waals surface area contributed by atoms with E-state index in [4.69, 9.17) is 21.1 Å². The third-order valence-electron chi connectivity index (χ3n) is 9.87. The zero-order valence-corrected chi connectivity index (χ0v) is 29.6. The second-order valence-corrected chi connectivity index (χ2v) is 15.9. The van der Waals surface area contributed by atoms with Crippen molar-refractivity contribution in [3.05, 3.63) is 70.8 Å². The molecule has 0 radical (unpaired) electrons. The number of halogens is 1. The van der Waals surface area contributed by atoms with Gasteiger partial charge in [-0.25, -0.2) is 13.2 Å². The third kappa shape index (κ3) is 8.60. The van der Waals surface area contributed by atoms with Crippen molar-refractivity contribution in [1.29, 1.82) is 0 Å². The summed E-state index contributed by atoms with van der Waals surface area (Å²) in [5, 5.41) is 6.18. The van der Waals surface area contributed by atoms with E-state index in [0.717, 1.165) is 55.9 Å². The minimum atomic E-state index is -3.91. The normalized spacial score (nSPS) is 25.9. The van der Waals surface area contributed by atoms with Gasteiger partial charge in [-0.3, -0.25) is 19.1 Å². The zero-order chi connectivity index (χ0) is 35.5. The van der Waals surface area contributed by atoms with E-state index in [1.807, 2.05) is 29.0 Å². The van der Waals surface area contributed by atoms with E-state index in [1.165, 1.54) is 4.90 Å². The lowest BCUT2D eigenvalue weighted by Crippen LogP contribution is -2.61. The molecular weight excluding hydrogens is 684 g/mol. The lowest BCUT2D eigenvalue weighted by molar-refractivity contribution is -0.144. The first-order chi connectivity index (χ1) is 23.9. The molecule has 0 bridgehead atoms. The number of sulfonamides is 1. The Morgan fingerprint density at radius 3 is 2.50 bits per heavy atom. The van der Waals surface area contributed by atoms with Gasteiger partial charge in [0.15, 0.2) is 0 Å². The quantitative estimate of drug-likeness (QED) is 0.355. The molecule has 2 fully saturated rings. The van der Waals surface area contributed by atoms with Crippen LogP contribution in [-0.4, -0.2) is 67.1 Å². The minimum absolute atomic E-state index is 0.0609. The van der Waals surface area contributed by atoms with E-state index >= 15 is 0 Å². The highest BCUT2D eigenvalue weighted by Gasteiger charge is 2.61. The van der Waals surface area contributed by atoms with E-state index in [2.05, 4.69) is 10.6 Å². The molecule has 0 saturated heterocycles. The van der Waals surface area contributed by atoms with Gasteiger partial charge in [-0.1, -0.05) is 48.7 Å². The second-order valence-electron chi connectivity index (χ2n) is 13.7. The second kappa shape index (κ2) is 15.0. The van der Waals surface area contributed by atoms with Crippen LogP contribution in [0, 0.1) is 5.92 Å². The van der Waals surface area contributed by atoms with Crippen molar-refractivity contribution >= 4 is 45.4 Å². The van der Waals surface area contributed by atoms with Gasteiger partial charge in [-0.15, -0.1) is 0 Å². The van der Waals surface area contributed by atoms with Gasteiger partial charge in [0.05, 0.1) is 6.26 Å². The fourth-order valence-corrected chi connectivity index (χ4v) is 7.84. The van der Waals surface area contributed by atoms with Gasteiger partial charge < -0.3 is 25.0 Å². The largest absolute Gasteiger partial charge is 0.457 e. The van der Waals surface area contributed by atoms with E-state index < -0.39 is 57.4 Å². The van der Waals surface area contributed by atoms with Gasteiger partial charge in [-0.05, 0) is 92.8 Å². The van der Waals surface area contributed by atoms with Crippen molar-refractivity contribution in [2.24, 2.45) is 5.92 Å². The first-order valence-corrected chi connectivity index (χ1v) is 19.5. The molecule has 4 amide bonds. The average Bonchev–Trinajstić information content (AvgIpc) is 3.50. The van der Waals surface area contributed by atoms with Gasteiger partial charge in [0.2, 0.25) is 21.8 Å². The van der Waals surface area contributed by atoms with Crippen molar-refractivity contribution in [2.75, 3.05) is 6.26 Å². The number of nitrogens with zero attached hydrogens (tertiary/aromatic N) is 1. The Kier molecular flexibility index (Phi) is 10.7. The number of fused-ring (bicyclic) bond motifs is 3. The number of amides is 4. The van der Waals surface area contributed by atoms with Crippen LogP contribution in [0.3, 0.4) is 0 Å². The minimum Gasteiger partial charge on any atom is -0.457 e. The SMILES string of the molecule is CS(=O)(=O)NC(=O)[C@@]12C[C@H]1C=CCCCCC[C@H](NC(=O)OC1CCCC1)C(=O)N1Cc3ccc(Oc4cccc(Cl)c4)cc3CC1C(=O)N2. The molecule has 2 aliphatic carbocycles. The summed E-state index contributed by atoms with van der Waals surface area (Å²) in [6.07, 6.45) is 11.0. The van der Waals surface area contributed by atoms with Crippen molar-refractivity contribution in [3.8, 4) is 11.5 Å². The summed E-state index contributed by atoms with van der Waals surface area (Å²) in [5.41, 5.74) is 0.0630. The standard InChI is InChI=1S/C36H43ClN4O8S/c1-50(46,47)40-34(44)36-21-25(36)10-5-3-2-4-6-15-30(38-35(45)49-27-12-7-8-13-27)33(43)41-22-23-16-17-29(48-28-14-9-11-26(37)20-28)18-24(23)19-31(41)32(42)39-36/h5,9-11,14,16-18,20,25,27,30-31H,2-4,6-8,12-13,15,19,21-22H2,1H3,(H,38,45)(H,39,42)(H,40,44)/t25-,30+,31?,36-/m1/s1. The van der Waals surface area contributed by atoms with Gasteiger partial charge in [-0.2, -0.15) is 0 Å². The molecule has 2 heterocycles. The summed E-state index contributed by atoms with van der Waals surface area (Å²) in [6.45, 7) is 0.0609. The Bertz CT molecular complexity index is 1780. The van der Waals surface area contributed by atoms with Crippen molar-refractivity contribution in [2.45, 2.75) is 101 Å². The predicted octanol–water partition coefficient (Wildman–Crippen LogP) is 4.89. The summed E-state index contributed by atoms with van der Waals surface area (Å²) in [4.78, 5) is 56.6. The maximum Gasteiger partial charge on any atom is 0.408 e. The summed E-state index contributed by atoms with van der Waals surface area (Å²) in [5.74, 6) is -1.25. The number of carbonyl (C=O) groups excluding carboxylic acids is 4.